The largest absolute Gasteiger partial charge is 0.267 e. The summed E-state index contributed by atoms with van der Waals surface area (Å²) in [5, 5.41) is 15.9. The van der Waals surface area contributed by atoms with Crippen LogP contribution >= 0.6 is 0 Å². The molecule has 3 nitrogen and oxygen atoms in total. The Kier molecular flexibility index (Phi) is 1.49. The Morgan fingerprint density at radius 3 is 3.21 bits per heavy atom. The number of rotatable bonds is 2. The first-order valence-electron chi connectivity index (χ1n) is 5.34. The molecule has 0 saturated heterocycles. The number of aromatic nitrogens is 2. The second-order valence-corrected chi connectivity index (χ2v) is 4.42. The Morgan fingerprint density at radius 2 is 2.50 bits per heavy atom. The Bertz CT molecular complexity index is 413. The van der Waals surface area contributed by atoms with Gasteiger partial charge in [0.25, 0.3) is 0 Å². The van der Waals surface area contributed by atoms with Crippen molar-refractivity contribution in [3.05, 3.63) is 17.0 Å². The molecule has 2 aliphatic carbocycles. The van der Waals surface area contributed by atoms with Gasteiger partial charge in [0.2, 0.25) is 0 Å². The van der Waals surface area contributed by atoms with Crippen molar-refractivity contribution in [2.75, 3.05) is 0 Å². The number of nitriles is 1. The Balaban J connectivity index is 1.89. The van der Waals surface area contributed by atoms with E-state index in [-0.39, 0.29) is 0 Å². The predicted octanol–water partition coefficient (Wildman–Crippen LogP) is 1.97. The summed E-state index contributed by atoms with van der Waals surface area (Å²) >= 11 is 0. The van der Waals surface area contributed by atoms with E-state index >= 15 is 0 Å². The lowest BCUT2D eigenvalue weighted by atomic mass is 10.0. The normalized spacial score (nSPS) is 32.1. The number of H-pyrrole nitrogens is 1. The summed E-state index contributed by atoms with van der Waals surface area (Å²) in [5.74, 6) is 2.36. The average molecular weight is 187 g/mol. The molecule has 0 aliphatic heterocycles. The lowest BCUT2D eigenvalue weighted by molar-refractivity contribution is 0.620. The molecule has 1 heterocycles. The van der Waals surface area contributed by atoms with Crippen LogP contribution in [0.25, 0.3) is 0 Å². The maximum atomic E-state index is 8.84. The number of hydrogen-bond acceptors (Lipinski definition) is 2. The molecule has 0 amide bonds. The molecule has 1 N–H and O–H groups in total. The highest BCUT2D eigenvalue weighted by Crippen LogP contribution is 2.62. The van der Waals surface area contributed by atoms with Gasteiger partial charge in [-0.3, -0.25) is 5.10 Å². The van der Waals surface area contributed by atoms with Crippen molar-refractivity contribution in [2.45, 2.75) is 32.1 Å². The molecule has 3 heteroatoms. The zero-order chi connectivity index (χ0) is 9.71. The summed E-state index contributed by atoms with van der Waals surface area (Å²) < 4.78 is 0. The molecule has 0 bridgehead atoms. The minimum atomic E-state index is 0.684. The first-order valence-corrected chi connectivity index (χ1v) is 5.34. The highest BCUT2D eigenvalue weighted by molar-refractivity contribution is 5.45. The van der Waals surface area contributed by atoms with Gasteiger partial charge in [0, 0.05) is 11.5 Å². The number of nitrogens with one attached hydrogen (secondary N) is 1. The first kappa shape index (κ1) is 8.05. The summed E-state index contributed by atoms with van der Waals surface area (Å²) in [5.41, 5.74) is 3.10. The van der Waals surface area contributed by atoms with Gasteiger partial charge in [-0.2, -0.15) is 10.4 Å². The summed E-state index contributed by atoms with van der Waals surface area (Å²) in [4.78, 5) is 0. The van der Waals surface area contributed by atoms with Crippen LogP contribution in [-0.2, 0) is 6.42 Å². The molecule has 0 aromatic carbocycles. The second-order valence-electron chi connectivity index (χ2n) is 4.42. The molecule has 3 rings (SSSR count). The summed E-state index contributed by atoms with van der Waals surface area (Å²) in [6.45, 7) is 2.24. The zero-order valence-electron chi connectivity index (χ0n) is 8.25. The van der Waals surface area contributed by atoms with E-state index in [0.29, 0.717) is 11.6 Å². The fraction of sp³-hybridized carbons (Fsp3) is 0.636. The molecule has 72 valence electrons. The van der Waals surface area contributed by atoms with Crippen LogP contribution in [0.15, 0.2) is 0 Å². The Labute approximate surface area is 83.1 Å². The number of aromatic amines is 1. The molecule has 3 unspecified atom stereocenters. The third-order valence-electron chi connectivity index (χ3n) is 3.72. The van der Waals surface area contributed by atoms with Gasteiger partial charge in [-0.1, -0.05) is 13.3 Å². The molecule has 1 saturated carbocycles. The molecular weight excluding hydrogens is 174 g/mol. The average Bonchev–Trinajstić information content (AvgIpc) is 2.61. The van der Waals surface area contributed by atoms with Crippen molar-refractivity contribution in [1.82, 2.24) is 10.2 Å². The number of fused-ring (bicyclic) bond motifs is 3. The minimum Gasteiger partial charge on any atom is -0.267 e. The van der Waals surface area contributed by atoms with E-state index in [2.05, 4.69) is 23.2 Å². The SMILES string of the molecule is CCCC1C2Cc3c(n[nH]c3C#N)C12. The van der Waals surface area contributed by atoms with Crippen molar-refractivity contribution in [3.8, 4) is 6.07 Å². The summed E-state index contributed by atoms with van der Waals surface area (Å²) in [6, 6.07) is 2.18. The molecular formula is C11H13N3. The maximum Gasteiger partial charge on any atom is 0.138 e. The van der Waals surface area contributed by atoms with Crippen LogP contribution < -0.4 is 0 Å². The van der Waals surface area contributed by atoms with Gasteiger partial charge in [0.15, 0.2) is 0 Å². The molecule has 0 radical (unpaired) electrons. The fourth-order valence-electron chi connectivity index (χ4n) is 3.05. The molecule has 0 spiro atoms. The van der Waals surface area contributed by atoms with Crippen LogP contribution in [-0.4, -0.2) is 10.2 Å². The van der Waals surface area contributed by atoms with Crippen LogP contribution in [0.5, 0.6) is 0 Å². The van der Waals surface area contributed by atoms with Crippen molar-refractivity contribution in [2.24, 2.45) is 11.8 Å². The minimum absolute atomic E-state index is 0.684. The Hall–Kier alpha value is -1.30. The quantitative estimate of drug-likeness (QED) is 0.769. The van der Waals surface area contributed by atoms with E-state index in [0.717, 1.165) is 18.3 Å². The summed E-state index contributed by atoms with van der Waals surface area (Å²) in [7, 11) is 0. The van der Waals surface area contributed by atoms with E-state index < -0.39 is 0 Å². The zero-order valence-corrected chi connectivity index (χ0v) is 8.25. The standard InChI is InChI=1S/C11H13N3/c1-2-3-6-7-4-8-9(5-12)13-14-11(8)10(6)7/h6-7,10H,2-4H2,1H3,(H,13,14). The molecule has 1 fully saturated rings. The molecule has 14 heavy (non-hydrogen) atoms. The van der Waals surface area contributed by atoms with Crippen molar-refractivity contribution < 1.29 is 0 Å². The van der Waals surface area contributed by atoms with Crippen molar-refractivity contribution >= 4 is 0 Å². The first-order chi connectivity index (χ1) is 6.86. The fourth-order valence-corrected chi connectivity index (χ4v) is 3.05. The smallest absolute Gasteiger partial charge is 0.138 e. The van der Waals surface area contributed by atoms with Crippen LogP contribution in [0.4, 0.5) is 0 Å². The molecule has 1 aromatic rings. The van der Waals surface area contributed by atoms with Crippen LogP contribution in [0.1, 0.15) is 42.6 Å². The number of hydrogen-bond donors (Lipinski definition) is 1. The maximum absolute atomic E-state index is 8.84. The highest BCUT2D eigenvalue weighted by Gasteiger charge is 2.56. The summed E-state index contributed by atoms with van der Waals surface area (Å²) in [6.07, 6.45) is 3.68. The second kappa shape index (κ2) is 2.60. The predicted molar refractivity (Wildman–Crippen MR) is 51.6 cm³/mol. The van der Waals surface area contributed by atoms with E-state index in [1.54, 1.807) is 0 Å². The van der Waals surface area contributed by atoms with Crippen LogP contribution in [0.2, 0.25) is 0 Å². The molecule has 2 aliphatic rings. The lowest BCUT2D eigenvalue weighted by Gasteiger charge is -1.99. The third kappa shape index (κ3) is 0.836. The van der Waals surface area contributed by atoms with Gasteiger partial charge in [0.05, 0.1) is 5.69 Å². The van der Waals surface area contributed by atoms with E-state index in [9.17, 15) is 0 Å². The van der Waals surface area contributed by atoms with Gasteiger partial charge in [0.1, 0.15) is 11.8 Å². The van der Waals surface area contributed by atoms with Crippen molar-refractivity contribution in [3.63, 3.8) is 0 Å². The van der Waals surface area contributed by atoms with E-state index in [1.807, 2.05) is 0 Å². The van der Waals surface area contributed by atoms with Gasteiger partial charge < -0.3 is 0 Å². The van der Waals surface area contributed by atoms with Crippen molar-refractivity contribution in [1.29, 1.82) is 5.26 Å². The van der Waals surface area contributed by atoms with Crippen LogP contribution in [0.3, 0.4) is 0 Å². The third-order valence-corrected chi connectivity index (χ3v) is 3.72. The van der Waals surface area contributed by atoms with Gasteiger partial charge in [-0.25, -0.2) is 0 Å². The van der Waals surface area contributed by atoms with E-state index in [4.69, 9.17) is 5.26 Å². The van der Waals surface area contributed by atoms with Crippen LogP contribution in [0, 0.1) is 23.2 Å². The monoisotopic (exact) mass is 187 g/mol. The van der Waals surface area contributed by atoms with Gasteiger partial charge in [-0.15, -0.1) is 0 Å². The van der Waals surface area contributed by atoms with E-state index in [1.165, 1.54) is 24.1 Å². The highest BCUT2D eigenvalue weighted by atomic mass is 15.1. The topological polar surface area (TPSA) is 52.5 Å². The molecule has 1 aromatic heterocycles. The number of nitrogens with zero attached hydrogens (tertiary/aromatic N) is 2. The Morgan fingerprint density at radius 1 is 1.64 bits per heavy atom. The van der Waals surface area contributed by atoms with Gasteiger partial charge in [-0.05, 0) is 24.7 Å². The molecule has 3 atom stereocenters. The van der Waals surface area contributed by atoms with Gasteiger partial charge >= 0.3 is 0 Å². The lowest BCUT2D eigenvalue weighted by Crippen LogP contribution is -1.93.